The first-order chi connectivity index (χ1) is 15.4. The number of fused-ring (bicyclic) bond motifs is 1. The smallest absolute Gasteiger partial charge is 0.251 e. The van der Waals surface area contributed by atoms with Crippen LogP contribution >= 0.6 is 11.3 Å². The van der Waals surface area contributed by atoms with E-state index in [2.05, 4.69) is 38.2 Å². The van der Waals surface area contributed by atoms with Crippen LogP contribution in [0.3, 0.4) is 0 Å². The number of amides is 2. The summed E-state index contributed by atoms with van der Waals surface area (Å²) >= 11 is 1.66. The van der Waals surface area contributed by atoms with Crippen molar-refractivity contribution in [3.8, 4) is 10.6 Å². The molecule has 2 heterocycles. The number of carbonyl (C=O) groups excluding carboxylic acids is 2. The summed E-state index contributed by atoms with van der Waals surface area (Å²) in [4.78, 5) is 31.9. The Hall–Kier alpha value is -2.57. The molecular weight excluding hydrogens is 418 g/mol. The van der Waals surface area contributed by atoms with Crippen molar-refractivity contribution in [3.63, 3.8) is 0 Å². The third kappa shape index (κ3) is 3.86. The van der Waals surface area contributed by atoms with Crippen LogP contribution in [0.4, 0.5) is 5.69 Å². The number of aromatic nitrogens is 1. The van der Waals surface area contributed by atoms with Crippen molar-refractivity contribution in [1.82, 2.24) is 10.3 Å². The van der Waals surface area contributed by atoms with Crippen LogP contribution in [0, 0.1) is 18.8 Å². The fraction of sp³-hybridized carbons (Fsp3) is 0.423. The molecule has 6 heteroatoms. The van der Waals surface area contributed by atoms with Gasteiger partial charge in [-0.25, -0.2) is 9.88 Å². The molecule has 2 fully saturated rings. The lowest BCUT2D eigenvalue weighted by Crippen LogP contribution is -2.48. The van der Waals surface area contributed by atoms with Gasteiger partial charge >= 0.3 is 0 Å². The molecule has 3 aromatic rings. The third-order valence-electron chi connectivity index (χ3n) is 7.19. The number of imide groups is 1. The van der Waals surface area contributed by atoms with Gasteiger partial charge in [-0.15, -0.1) is 11.3 Å². The van der Waals surface area contributed by atoms with Gasteiger partial charge in [-0.2, -0.15) is 0 Å². The Morgan fingerprint density at radius 1 is 1.06 bits per heavy atom. The molecule has 2 amide bonds. The highest BCUT2D eigenvalue weighted by Gasteiger charge is 2.41. The number of rotatable bonds is 4. The van der Waals surface area contributed by atoms with Gasteiger partial charge in [0.1, 0.15) is 5.01 Å². The molecule has 1 aliphatic carbocycles. The van der Waals surface area contributed by atoms with Gasteiger partial charge in [0.05, 0.1) is 28.4 Å². The minimum Gasteiger partial charge on any atom is -0.302 e. The van der Waals surface area contributed by atoms with Crippen LogP contribution in [-0.4, -0.2) is 28.9 Å². The minimum absolute atomic E-state index is 0.132. The van der Waals surface area contributed by atoms with E-state index in [-0.39, 0.29) is 18.2 Å². The van der Waals surface area contributed by atoms with Crippen molar-refractivity contribution in [2.24, 2.45) is 11.8 Å². The van der Waals surface area contributed by atoms with E-state index in [1.54, 1.807) is 11.3 Å². The summed E-state index contributed by atoms with van der Waals surface area (Å²) in [7, 11) is 0. The summed E-state index contributed by atoms with van der Waals surface area (Å²) in [5.41, 5.74) is 3.83. The van der Waals surface area contributed by atoms with Gasteiger partial charge < -0.3 is 5.32 Å². The highest BCUT2D eigenvalue weighted by atomic mass is 32.1. The third-order valence-corrected chi connectivity index (χ3v) is 8.25. The molecule has 1 aromatic heterocycles. The molecule has 1 saturated carbocycles. The van der Waals surface area contributed by atoms with E-state index in [9.17, 15) is 9.59 Å². The monoisotopic (exact) mass is 447 g/mol. The van der Waals surface area contributed by atoms with E-state index in [0.717, 1.165) is 27.2 Å². The number of benzene rings is 2. The fourth-order valence-corrected chi connectivity index (χ4v) is 6.09. The fourth-order valence-electron chi connectivity index (χ4n) is 5.02. The molecule has 1 N–H and O–H groups in total. The quantitative estimate of drug-likeness (QED) is 0.550. The zero-order valence-electron chi connectivity index (χ0n) is 18.8. The molecule has 0 spiro atoms. The number of hydrogen-bond donors (Lipinski definition) is 1. The van der Waals surface area contributed by atoms with Crippen LogP contribution in [0.1, 0.15) is 45.1 Å². The molecule has 5 nitrogen and oxygen atoms in total. The van der Waals surface area contributed by atoms with Gasteiger partial charge in [-0.3, -0.25) is 9.59 Å². The summed E-state index contributed by atoms with van der Waals surface area (Å²) in [5.74, 6) is 0.886. The second kappa shape index (κ2) is 8.41. The number of aryl methyl sites for hydroxylation is 1. The van der Waals surface area contributed by atoms with Gasteiger partial charge in [0.2, 0.25) is 5.91 Å². The maximum atomic E-state index is 13.1. The highest BCUT2D eigenvalue weighted by molar-refractivity contribution is 7.21. The maximum Gasteiger partial charge on any atom is 0.251 e. The Kier molecular flexibility index (Phi) is 5.59. The van der Waals surface area contributed by atoms with Crippen LogP contribution in [-0.2, 0) is 9.59 Å². The molecule has 2 aromatic carbocycles. The molecule has 32 heavy (non-hydrogen) atoms. The Balaban J connectivity index is 1.33. The lowest BCUT2D eigenvalue weighted by molar-refractivity contribution is -0.121. The number of nitrogens with one attached hydrogen (secondary N) is 1. The minimum atomic E-state index is -0.424. The van der Waals surface area contributed by atoms with Crippen LogP contribution in [0.25, 0.3) is 20.8 Å². The summed E-state index contributed by atoms with van der Waals surface area (Å²) in [5, 5.41) is 4.46. The summed E-state index contributed by atoms with van der Waals surface area (Å²) < 4.78 is 1.16. The lowest BCUT2D eigenvalue weighted by atomic mass is 9.78. The Morgan fingerprint density at radius 3 is 2.62 bits per heavy atom. The number of nitrogens with zero attached hydrogens (tertiary/aromatic N) is 2. The molecule has 4 atom stereocenters. The maximum absolute atomic E-state index is 13.1. The largest absolute Gasteiger partial charge is 0.302 e. The first-order valence-electron chi connectivity index (χ1n) is 11.5. The van der Waals surface area contributed by atoms with E-state index >= 15 is 0 Å². The van der Waals surface area contributed by atoms with Crippen LogP contribution < -0.4 is 10.2 Å². The van der Waals surface area contributed by atoms with Gasteiger partial charge in [0.15, 0.2) is 0 Å². The SMILES string of the molecule is Cc1ccc2nc(-c3ccc(N4C(=O)CC(NC5CCCC(C)C5C)C4=O)cc3)sc2c1. The Bertz CT molecular complexity index is 1170. The molecule has 166 valence electrons. The van der Waals surface area contributed by atoms with Crippen molar-refractivity contribution >= 4 is 39.1 Å². The van der Waals surface area contributed by atoms with E-state index in [1.165, 1.54) is 23.3 Å². The van der Waals surface area contributed by atoms with Gasteiger partial charge in [0.25, 0.3) is 5.91 Å². The zero-order valence-corrected chi connectivity index (χ0v) is 19.6. The number of anilines is 1. The zero-order chi connectivity index (χ0) is 22.4. The molecule has 1 saturated heterocycles. The van der Waals surface area contributed by atoms with Crippen LogP contribution in [0.15, 0.2) is 42.5 Å². The number of thiazole rings is 1. The predicted octanol–water partition coefficient (Wildman–Crippen LogP) is 5.32. The van der Waals surface area contributed by atoms with Crippen molar-refractivity contribution in [2.75, 3.05) is 4.90 Å². The average molecular weight is 448 g/mol. The second-order valence-corrected chi connectivity index (χ2v) is 10.4. The molecule has 1 aliphatic heterocycles. The van der Waals surface area contributed by atoms with E-state index in [0.29, 0.717) is 23.6 Å². The number of carbonyl (C=O) groups is 2. The first kappa shape index (κ1) is 21.3. The Labute approximate surface area is 192 Å². The number of hydrogen-bond acceptors (Lipinski definition) is 5. The van der Waals surface area contributed by atoms with E-state index < -0.39 is 6.04 Å². The predicted molar refractivity (Wildman–Crippen MR) is 130 cm³/mol. The van der Waals surface area contributed by atoms with Crippen molar-refractivity contribution < 1.29 is 9.59 Å². The van der Waals surface area contributed by atoms with E-state index in [4.69, 9.17) is 4.98 Å². The summed E-state index contributed by atoms with van der Waals surface area (Å²) in [6, 6.07) is 13.7. The molecule has 2 aliphatic rings. The topological polar surface area (TPSA) is 62.3 Å². The average Bonchev–Trinajstić information content (AvgIpc) is 3.31. The summed E-state index contributed by atoms with van der Waals surface area (Å²) in [6.45, 7) is 6.61. The van der Waals surface area contributed by atoms with Crippen molar-refractivity contribution in [3.05, 3.63) is 48.0 Å². The van der Waals surface area contributed by atoms with Crippen LogP contribution in [0.2, 0.25) is 0 Å². The van der Waals surface area contributed by atoms with Crippen molar-refractivity contribution in [1.29, 1.82) is 0 Å². The van der Waals surface area contributed by atoms with Crippen molar-refractivity contribution in [2.45, 2.75) is 58.5 Å². The summed E-state index contributed by atoms with van der Waals surface area (Å²) in [6.07, 6.45) is 3.72. The molecule has 4 unspecified atom stereocenters. The molecular formula is C26H29N3O2S. The normalized spacial score (nSPS) is 26.3. The highest BCUT2D eigenvalue weighted by Crippen LogP contribution is 2.34. The van der Waals surface area contributed by atoms with Gasteiger partial charge in [-0.05, 0) is 67.1 Å². The standard InChI is InChI=1S/C26H29N3O2S/c1-15-7-12-21-23(13-15)32-25(28-21)18-8-10-19(11-9-18)29-24(30)14-22(26(29)31)27-20-6-4-5-16(2)17(20)3/h7-13,16-17,20,22,27H,4-6,14H2,1-3H3. The Morgan fingerprint density at radius 2 is 1.84 bits per heavy atom. The molecule has 0 radical (unpaired) electrons. The first-order valence-corrected chi connectivity index (χ1v) is 12.3. The van der Waals surface area contributed by atoms with Gasteiger partial charge in [0, 0.05) is 11.6 Å². The molecule has 5 rings (SSSR count). The van der Waals surface area contributed by atoms with Gasteiger partial charge in [-0.1, -0.05) is 32.8 Å². The second-order valence-electron chi connectivity index (χ2n) is 9.40. The van der Waals surface area contributed by atoms with E-state index in [1.807, 2.05) is 30.3 Å². The van der Waals surface area contributed by atoms with Crippen LogP contribution in [0.5, 0.6) is 0 Å². The lowest BCUT2D eigenvalue weighted by Gasteiger charge is -2.36. The molecule has 0 bridgehead atoms.